The molecule has 5 nitrogen and oxygen atoms in total. The number of aliphatic hydroxyl groups is 1. The van der Waals surface area contributed by atoms with Crippen LogP contribution in [0.4, 0.5) is 0 Å². The lowest BCUT2D eigenvalue weighted by Crippen LogP contribution is -2.33. The Morgan fingerprint density at radius 2 is 1.88 bits per heavy atom. The number of aromatic amines is 1. The second kappa shape index (κ2) is 6.84. The molecule has 3 rings (SSSR count). The average Bonchev–Trinajstić information content (AvgIpc) is 2.98. The normalized spacial score (nSPS) is 13.6. The number of carbonyl (C=O) groups is 1. The molecule has 2 aromatic carbocycles. The summed E-state index contributed by atoms with van der Waals surface area (Å²) < 4.78 is 0. The molecule has 3 aromatic rings. The molecule has 0 fully saturated rings. The minimum Gasteiger partial charge on any atom is -0.385 e. The quantitative estimate of drug-likeness (QED) is 0.652. The fraction of sp³-hybridized carbons (Fsp3) is 0.263. The summed E-state index contributed by atoms with van der Waals surface area (Å²) >= 11 is 0. The first-order valence-corrected chi connectivity index (χ1v) is 8.03. The molecule has 0 aliphatic carbocycles. The van der Waals surface area contributed by atoms with Gasteiger partial charge in [0.15, 0.2) is 0 Å². The summed E-state index contributed by atoms with van der Waals surface area (Å²) in [4.78, 5) is 19.8. The highest BCUT2D eigenvalue weighted by Crippen LogP contribution is 2.23. The Balaban J connectivity index is 1.52. The zero-order valence-corrected chi connectivity index (χ0v) is 13.6. The van der Waals surface area contributed by atoms with Crippen LogP contribution in [0.15, 0.2) is 54.6 Å². The number of hydrogen-bond donors (Lipinski definition) is 3. The van der Waals surface area contributed by atoms with Crippen molar-refractivity contribution in [2.75, 3.05) is 6.54 Å². The highest BCUT2D eigenvalue weighted by Gasteiger charge is 2.26. The third-order valence-corrected chi connectivity index (χ3v) is 4.02. The van der Waals surface area contributed by atoms with Crippen LogP contribution in [-0.4, -0.2) is 27.5 Å². The minimum atomic E-state index is -1.18. The van der Waals surface area contributed by atoms with Crippen LogP contribution in [0.1, 0.15) is 24.7 Å². The molecule has 0 aliphatic rings. The van der Waals surface area contributed by atoms with E-state index in [2.05, 4.69) is 15.3 Å². The van der Waals surface area contributed by atoms with Crippen molar-refractivity contribution in [2.24, 2.45) is 0 Å². The van der Waals surface area contributed by atoms with Gasteiger partial charge in [-0.05, 0) is 24.6 Å². The molecule has 1 aromatic heterocycles. The van der Waals surface area contributed by atoms with Gasteiger partial charge in [0.2, 0.25) is 5.91 Å². The Bertz CT molecular complexity index is 792. The predicted octanol–water partition coefficient (Wildman–Crippen LogP) is 2.52. The molecule has 1 unspecified atom stereocenters. The number of nitrogens with zero attached hydrogens (tertiary/aromatic N) is 1. The zero-order valence-electron chi connectivity index (χ0n) is 13.6. The van der Waals surface area contributed by atoms with Gasteiger partial charge in [-0.1, -0.05) is 42.5 Å². The monoisotopic (exact) mass is 323 g/mol. The van der Waals surface area contributed by atoms with E-state index in [0.717, 1.165) is 22.4 Å². The van der Waals surface area contributed by atoms with Gasteiger partial charge in [0, 0.05) is 13.0 Å². The molecule has 1 atom stereocenters. The molecule has 124 valence electrons. The third kappa shape index (κ3) is 3.81. The van der Waals surface area contributed by atoms with E-state index < -0.39 is 5.60 Å². The Hall–Kier alpha value is -2.66. The van der Waals surface area contributed by atoms with Crippen LogP contribution in [0.2, 0.25) is 0 Å². The lowest BCUT2D eigenvalue weighted by molar-refractivity contribution is -0.125. The van der Waals surface area contributed by atoms with Crippen molar-refractivity contribution in [1.82, 2.24) is 15.3 Å². The summed E-state index contributed by atoms with van der Waals surface area (Å²) in [5.74, 6) is 0.659. The van der Waals surface area contributed by atoms with Crippen LogP contribution >= 0.6 is 0 Å². The van der Waals surface area contributed by atoms with E-state index >= 15 is 0 Å². The van der Waals surface area contributed by atoms with E-state index in [1.165, 1.54) is 0 Å². The molecule has 3 N–H and O–H groups in total. The topological polar surface area (TPSA) is 78.0 Å². The van der Waals surface area contributed by atoms with Crippen molar-refractivity contribution >= 4 is 16.9 Å². The largest absolute Gasteiger partial charge is 0.385 e. The molecule has 5 heteroatoms. The van der Waals surface area contributed by atoms with Crippen molar-refractivity contribution in [1.29, 1.82) is 0 Å². The zero-order chi connectivity index (χ0) is 17.0. The van der Waals surface area contributed by atoms with Crippen LogP contribution in [0, 0.1) is 0 Å². The molecular formula is C19H21N3O2. The molecule has 0 radical (unpaired) electrons. The van der Waals surface area contributed by atoms with Crippen LogP contribution in [0.25, 0.3) is 11.0 Å². The maximum Gasteiger partial charge on any atom is 0.223 e. The number of benzene rings is 2. The minimum absolute atomic E-state index is 0.0249. The van der Waals surface area contributed by atoms with Gasteiger partial charge in [0.05, 0.1) is 23.1 Å². The summed E-state index contributed by atoms with van der Waals surface area (Å²) in [5, 5.41) is 13.3. The highest BCUT2D eigenvalue weighted by molar-refractivity contribution is 5.77. The lowest BCUT2D eigenvalue weighted by atomic mass is 9.92. The van der Waals surface area contributed by atoms with E-state index in [-0.39, 0.29) is 12.3 Å². The number of imidazole rings is 1. The van der Waals surface area contributed by atoms with E-state index in [1.807, 2.05) is 54.6 Å². The van der Waals surface area contributed by atoms with Crippen molar-refractivity contribution in [3.63, 3.8) is 0 Å². The van der Waals surface area contributed by atoms with E-state index in [4.69, 9.17) is 0 Å². The number of fused-ring (bicyclic) bond motifs is 1. The first-order valence-electron chi connectivity index (χ1n) is 8.03. The molecule has 0 aliphatic heterocycles. The SMILES string of the molecule is CC(O)(CC(=O)NCCc1nc2ccccc2[nH]1)c1ccccc1. The Morgan fingerprint density at radius 3 is 2.62 bits per heavy atom. The van der Waals surface area contributed by atoms with Crippen molar-refractivity contribution in [2.45, 2.75) is 25.4 Å². The second-order valence-electron chi connectivity index (χ2n) is 6.12. The summed E-state index contributed by atoms with van der Waals surface area (Å²) in [7, 11) is 0. The molecule has 24 heavy (non-hydrogen) atoms. The van der Waals surface area contributed by atoms with Crippen molar-refractivity contribution < 1.29 is 9.90 Å². The maximum absolute atomic E-state index is 12.1. The van der Waals surface area contributed by atoms with Gasteiger partial charge in [-0.25, -0.2) is 4.98 Å². The Kier molecular flexibility index (Phi) is 4.62. The van der Waals surface area contributed by atoms with E-state index in [0.29, 0.717) is 13.0 Å². The molecular weight excluding hydrogens is 302 g/mol. The number of H-pyrrole nitrogens is 1. The molecule has 0 saturated heterocycles. The number of aromatic nitrogens is 2. The summed E-state index contributed by atoms with van der Waals surface area (Å²) in [6.45, 7) is 2.13. The predicted molar refractivity (Wildman–Crippen MR) is 93.4 cm³/mol. The van der Waals surface area contributed by atoms with Crippen LogP contribution in [0.3, 0.4) is 0 Å². The van der Waals surface area contributed by atoms with E-state index in [9.17, 15) is 9.90 Å². The van der Waals surface area contributed by atoms with Gasteiger partial charge in [0.1, 0.15) is 5.82 Å². The van der Waals surface area contributed by atoms with Crippen LogP contribution < -0.4 is 5.32 Å². The molecule has 1 amide bonds. The number of para-hydroxylation sites is 2. The van der Waals surface area contributed by atoms with Crippen LogP contribution in [-0.2, 0) is 16.8 Å². The maximum atomic E-state index is 12.1. The number of amides is 1. The van der Waals surface area contributed by atoms with E-state index in [1.54, 1.807) is 6.92 Å². The number of rotatable bonds is 6. The van der Waals surface area contributed by atoms with Gasteiger partial charge in [0.25, 0.3) is 0 Å². The highest BCUT2D eigenvalue weighted by atomic mass is 16.3. The third-order valence-electron chi connectivity index (χ3n) is 4.02. The lowest BCUT2D eigenvalue weighted by Gasteiger charge is -2.23. The van der Waals surface area contributed by atoms with Gasteiger partial charge in [-0.3, -0.25) is 4.79 Å². The van der Waals surface area contributed by atoms with Crippen molar-refractivity contribution in [3.05, 3.63) is 66.0 Å². The standard InChI is InChI=1S/C19H21N3O2/c1-19(24,14-7-3-2-4-8-14)13-18(23)20-12-11-17-21-15-9-5-6-10-16(15)22-17/h2-10,24H,11-13H2,1H3,(H,20,23)(H,21,22). The first-order chi connectivity index (χ1) is 11.5. The molecule has 0 saturated carbocycles. The number of hydrogen-bond acceptors (Lipinski definition) is 3. The first kappa shape index (κ1) is 16.2. The Labute approximate surface area is 140 Å². The van der Waals surface area contributed by atoms with Gasteiger partial charge in [-0.15, -0.1) is 0 Å². The summed E-state index contributed by atoms with van der Waals surface area (Å²) in [6, 6.07) is 17.0. The number of nitrogens with one attached hydrogen (secondary N) is 2. The fourth-order valence-corrected chi connectivity index (χ4v) is 2.72. The molecule has 1 heterocycles. The number of carbonyl (C=O) groups excluding carboxylic acids is 1. The van der Waals surface area contributed by atoms with Crippen molar-refractivity contribution in [3.8, 4) is 0 Å². The van der Waals surface area contributed by atoms with Gasteiger partial charge in [-0.2, -0.15) is 0 Å². The molecule has 0 spiro atoms. The second-order valence-corrected chi connectivity index (χ2v) is 6.12. The van der Waals surface area contributed by atoms with Crippen LogP contribution in [0.5, 0.6) is 0 Å². The van der Waals surface area contributed by atoms with Gasteiger partial charge < -0.3 is 15.4 Å². The fourth-order valence-electron chi connectivity index (χ4n) is 2.72. The van der Waals surface area contributed by atoms with Gasteiger partial charge >= 0.3 is 0 Å². The smallest absolute Gasteiger partial charge is 0.223 e. The summed E-state index contributed by atoms with van der Waals surface area (Å²) in [5.41, 5.74) is 1.47. The Morgan fingerprint density at radius 1 is 1.17 bits per heavy atom. The summed E-state index contributed by atoms with van der Waals surface area (Å²) in [6.07, 6.45) is 0.644. The molecule has 0 bridgehead atoms. The average molecular weight is 323 g/mol.